The van der Waals surface area contributed by atoms with Crippen LogP contribution in [0.3, 0.4) is 0 Å². The molecule has 28 heavy (non-hydrogen) atoms. The van der Waals surface area contributed by atoms with E-state index < -0.39 is 0 Å². The molecule has 1 aliphatic heterocycles. The average Bonchev–Trinajstić information content (AvgIpc) is 3.39. The summed E-state index contributed by atoms with van der Waals surface area (Å²) >= 11 is 0. The van der Waals surface area contributed by atoms with Crippen LogP contribution in [-0.2, 0) is 11.2 Å². The van der Waals surface area contributed by atoms with Crippen molar-refractivity contribution in [2.75, 3.05) is 13.7 Å². The van der Waals surface area contributed by atoms with Crippen LogP contribution in [0.4, 0.5) is 4.39 Å². The molecule has 0 saturated carbocycles. The van der Waals surface area contributed by atoms with E-state index in [0.29, 0.717) is 18.3 Å². The van der Waals surface area contributed by atoms with Crippen LogP contribution in [0.2, 0.25) is 0 Å². The molecule has 2 aromatic carbocycles. The lowest BCUT2D eigenvalue weighted by Gasteiger charge is -2.21. The zero-order valence-corrected chi connectivity index (χ0v) is 15.5. The van der Waals surface area contributed by atoms with Crippen molar-refractivity contribution in [1.82, 2.24) is 15.0 Å². The van der Waals surface area contributed by atoms with Crippen molar-refractivity contribution in [1.29, 1.82) is 0 Å². The monoisotopic (exact) mass is 381 g/mol. The highest BCUT2D eigenvalue weighted by molar-refractivity contribution is 5.79. The first-order chi connectivity index (χ1) is 13.6. The van der Waals surface area contributed by atoms with Crippen molar-refractivity contribution in [3.05, 3.63) is 65.8 Å². The van der Waals surface area contributed by atoms with E-state index in [2.05, 4.69) is 10.1 Å². The van der Waals surface area contributed by atoms with Gasteiger partial charge in [-0.2, -0.15) is 4.98 Å². The Bertz CT molecular complexity index is 954. The van der Waals surface area contributed by atoms with Crippen molar-refractivity contribution in [3.8, 4) is 17.1 Å². The Morgan fingerprint density at radius 1 is 1.21 bits per heavy atom. The number of ether oxygens (including phenoxy) is 1. The molecule has 2 heterocycles. The van der Waals surface area contributed by atoms with E-state index in [4.69, 9.17) is 9.26 Å². The number of benzene rings is 2. The van der Waals surface area contributed by atoms with E-state index in [-0.39, 0.29) is 24.2 Å². The molecule has 0 spiro atoms. The van der Waals surface area contributed by atoms with Crippen LogP contribution in [0.5, 0.6) is 5.75 Å². The molecule has 1 fully saturated rings. The number of carbonyl (C=O) groups excluding carboxylic acids is 1. The predicted octanol–water partition coefficient (Wildman–Crippen LogP) is 3.79. The Labute approximate surface area is 161 Å². The van der Waals surface area contributed by atoms with Gasteiger partial charge in [0.25, 0.3) is 0 Å². The molecule has 144 valence electrons. The molecule has 1 unspecified atom stereocenters. The predicted molar refractivity (Wildman–Crippen MR) is 100 cm³/mol. The summed E-state index contributed by atoms with van der Waals surface area (Å²) in [7, 11) is 1.61. The topological polar surface area (TPSA) is 68.5 Å². The maximum atomic E-state index is 13.1. The molecule has 7 heteroatoms. The zero-order valence-electron chi connectivity index (χ0n) is 15.5. The van der Waals surface area contributed by atoms with Gasteiger partial charge in [0.05, 0.1) is 13.5 Å². The lowest BCUT2D eigenvalue weighted by molar-refractivity contribution is -0.131. The van der Waals surface area contributed by atoms with Crippen molar-refractivity contribution in [2.45, 2.75) is 25.3 Å². The van der Waals surface area contributed by atoms with E-state index in [9.17, 15) is 9.18 Å². The molecular formula is C21H20FN3O3. The van der Waals surface area contributed by atoms with Gasteiger partial charge in [-0.05, 0) is 54.8 Å². The van der Waals surface area contributed by atoms with Crippen LogP contribution in [0.1, 0.15) is 30.3 Å². The van der Waals surface area contributed by atoms with E-state index in [0.717, 1.165) is 29.7 Å². The number of carbonyl (C=O) groups is 1. The summed E-state index contributed by atoms with van der Waals surface area (Å²) in [6.07, 6.45) is 1.87. The zero-order chi connectivity index (χ0) is 19.5. The number of hydrogen-bond acceptors (Lipinski definition) is 5. The first-order valence-electron chi connectivity index (χ1n) is 9.16. The van der Waals surface area contributed by atoms with Gasteiger partial charge < -0.3 is 14.2 Å². The average molecular weight is 381 g/mol. The SMILES string of the molecule is COc1ccc(-c2noc(C3CCCN3C(=O)Cc3ccc(F)cc3)n2)cc1. The number of nitrogens with zero attached hydrogens (tertiary/aromatic N) is 3. The smallest absolute Gasteiger partial charge is 0.249 e. The molecule has 0 bridgehead atoms. The number of rotatable bonds is 5. The van der Waals surface area contributed by atoms with Gasteiger partial charge in [0.2, 0.25) is 17.6 Å². The molecule has 0 radical (unpaired) electrons. The third-order valence-electron chi connectivity index (χ3n) is 4.92. The first kappa shape index (κ1) is 18.2. The molecule has 3 aromatic rings. The van der Waals surface area contributed by atoms with Crippen molar-refractivity contribution in [3.63, 3.8) is 0 Å². The minimum atomic E-state index is -0.313. The molecule has 1 atom stereocenters. The van der Waals surface area contributed by atoms with Gasteiger partial charge in [0, 0.05) is 12.1 Å². The second-order valence-corrected chi connectivity index (χ2v) is 6.73. The molecule has 4 rings (SSSR count). The van der Waals surface area contributed by atoms with Gasteiger partial charge in [-0.15, -0.1) is 0 Å². The molecular weight excluding hydrogens is 361 g/mol. The third kappa shape index (κ3) is 3.74. The molecule has 1 saturated heterocycles. The van der Waals surface area contributed by atoms with Crippen LogP contribution in [0.25, 0.3) is 11.4 Å². The van der Waals surface area contributed by atoms with Crippen molar-refractivity contribution in [2.24, 2.45) is 0 Å². The minimum Gasteiger partial charge on any atom is -0.497 e. The number of halogens is 1. The maximum absolute atomic E-state index is 13.1. The minimum absolute atomic E-state index is 0.0293. The summed E-state index contributed by atoms with van der Waals surface area (Å²) in [4.78, 5) is 19.0. The molecule has 1 amide bonds. The first-order valence-corrected chi connectivity index (χ1v) is 9.16. The van der Waals surface area contributed by atoms with Crippen LogP contribution < -0.4 is 4.74 Å². The Morgan fingerprint density at radius 3 is 2.68 bits per heavy atom. The van der Waals surface area contributed by atoms with Crippen molar-refractivity contribution >= 4 is 5.91 Å². The second-order valence-electron chi connectivity index (χ2n) is 6.73. The van der Waals surface area contributed by atoms with Gasteiger partial charge >= 0.3 is 0 Å². The standard InChI is InChI=1S/C21H20FN3O3/c1-27-17-10-6-15(7-11-17)20-23-21(28-24-20)18-3-2-12-25(18)19(26)13-14-4-8-16(22)9-5-14/h4-11,18H,2-3,12-13H2,1H3. The van der Waals surface area contributed by atoms with Crippen molar-refractivity contribution < 1.29 is 18.4 Å². The number of methoxy groups -OCH3 is 1. The van der Waals surface area contributed by atoms with Gasteiger partial charge in [0.15, 0.2) is 0 Å². The third-order valence-corrected chi connectivity index (χ3v) is 4.92. The van der Waals surface area contributed by atoms with E-state index in [1.54, 1.807) is 24.1 Å². The van der Waals surface area contributed by atoms with Crippen LogP contribution in [-0.4, -0.2) is 34.6 Å². The highest BCUT2D eigenvalue weighted by Crippen LogP contribution is 2.32. The highest BCUT2D eigenvalue weighted by Gasteiger charge is 2.34. The fraction of sp³-hybridized carbons (Fsp3) is 0.286. The molecule has 0 aliphatic carbocycles. The summed E-state index contributed by atoms with van der Waals surface area (Å²) in [5, 5.41) is 4.07. The fourth-order valence-electron chi connectivity index (χ4n) is 3.43. The van der Waals surface area contributed by atoms with E-state index >= 15 is 0 Å². The molecule has 6 nitrogen and oxygen atoms in total. The summed E-state index contributed by atoms with van der Waals surface area (Å²) in [5.41, 5.74) is 1.60. The van der Waals surface area contributed by atoms with E-state index in [1.807, 2.05) is 24.3 Å². The normalized spacial score (nSPS) is 16.4. The van der Waals surface area contributed by atoms with Crippen LogP contribution >= 0.6 is 0 Å². The maximum Gasteiger partial charge on any atom is 0.249 e. The van der Waals surface area contributed by atoms with Gasteiger partial charge in [0.1, 0.15) is 17.6 Å². The van der Waals surface area contributed by atoms with E-state index in [1.165, 1.54) is 12.1 Å². The highest BCUT2D eigenvalue weighted by atomic mass is 19.1. The lowest BCUT2D eigenvalue weighted by Crippen LogP contribution is -2.32. The second kappa shape index (κ2) is 7.80. The number of likely N-dealkylation sites (tertiary alicyclic amines) is 1. The molecule has 1 aromatic heterocycles. The van der Waals surface area contributed by atoms with Gasteiger partial charge in [-0.25, -0.2) is 4.39 Å². The van der Waals surface area contributed by atoms with Crippen LogP contribution in [0, 0.1) is 5.82 Å². The number of hydrogen-bond donors (Lipinski definition) is 0. The molecule has 0 N–H and O–H groups in total. The largest absolute Gasteiger partial charge is 0.497 e. The number of aromatic nitrogens is 2. The van der Waals surface area contributed by atoms with Crippen LogP contribution in [0.15, 0.2) is 53.1 Å². The summed E-state index contributed by atoms with van der Waals surface area (Å²) in [5.74, 6) is 1.33. The summed E-state index contributed by atoms with van der Waals surface area (Å²) in [6.45, 7) is 0.644. The Balaban J connectivity index is 1.49. The Hall–Kier alpha value is -3.22. The Kier molecular flexibility index (Phi) is 5.06. The molecule has 1 aliphatic rings. The fourth-order valence-corrected chi connectivity index (χ4v) is 3.43. The van der Waals surface area contributed by atoms with Gasteiger partial charge in [-0.3, -0.25) is 4.79 Å². The van der Waals surface area contributed by atoms with Gasteiger partial charge in [-0.1, -0.05) is 17.3 Å². The quantitative estimate of drug-likeness (QED) is 0.673. The lowest BCUT2D eigenvalue weighted by atomic mass is 10.1. The summed E-state index contributed by atoms with van der Waals surface area (Å²) in [6, 6.07) is 13.1. The Morgan fingerprint density at radius 2 is 1.96 bits per heavy atom. The summed E-state index contributed by atoms with van der Waals surface area (Å²) < 4.78 is 23.7. The number of amides is 1.